The molecule has 2 aliphatic heterocycles. The van der Waals surface area contributed by atoms with Crippen molar-refractivity contribution in [2.45, 2.75) is 19.4 Å². The van der Waals surface area contributed by atoms with Crippen LogP contribution in [-0.4, -0.2) is 41.7 Å². The fourth-order valence-corrected chi connectivity index (χ4v) is 3.26. The number of aryl methyl sites for hydroxylation is 1. The van der Waals surface area contributed by atoms with Crippen LogP contribution < -0.4 is 9.64 Å². The SMILES string of the molecule is Cc1nc(Cl)c2cc3c(cc2n1)OCC(=O)N3C1CCOC1. The van der Waals surface area contributed by atoms with E-state index in [1.54, 1.807) is 11.8 Å². The number of amides is 1. The third-order valence-electron chi connectivity index (χ3n) is 3.99. The number of carbonyl (C=O) groups excluding carboxylic acids is 1. The third kappa shape index (κ3) is 2.10. The molecule has 114 valence electrons. The Bertz CT molecular complexity index is 774. The number of anilines is 1. The Morgan fingerprint density at radius 2 is 2.23 bits per heavy atom. The maximum Gasteiger partial charge on any atom is 0.265 e. The molecule has 0 spiro atoms. The number of benzene rings is 1. The van der Waals surface area contributed by atoms with Gasteiger partial charge in [-0.3, -0.25) is 4.79 Å². The summed E-state index contributed by atoms with van der Waals surface area (Å²) in [7, 11) is 0. The lowest BCUT2D eigenvalue weighted by Gasteiger charge is -2.33. The molecule has 1 aromatic carbocycles. The quantitative estimate of drug-likeness (QED) is 0.753. The summed E-state index contributed by atoms with van der Waals surface area (Å²) in [6, 6.07) is 3.69. The van der Waals surface area contributed by atoms with Crippen molar-refractivity contribution in [3.8, 4) is 5.75 Å². The topological polar surface area (TPSA) is 64.6 Å². The molecule has 1 aromatic heterocycles. The van der Waals surface area contributed by atoms with Crippen molar-refractivity contribution in [2.24, 2.45) is 0 Å². The van der Waals surface area contributed by atoms with Crippen molar-refractivity contribution in [3.63, 3.8) is 0 Å². The fourth-order valence-electron chi connectivity index (χ4n) is 2.99. The molecule has 1 atom stereocenters. The minimum Gasteiger partial charge on any atom is -0.481 e. The molecule has 1 unspecified atom stereocenters. The van der Waals surface area contributed by atoms with Gasteiger partial charge in [0.1, 0.15) is 16.7 Å². The Balaban J connectivity index is 1.90. The molecule has 7 heteroatoms. The molecule has 2 aromatic rings. The Hall–Kier alpha value is -1.92. The number of aromatic nitrogens is 2. The van der Waals surface area contributed by atoms with Gasteiger partial charge < -0.3 is 14.4 Å². The van der Waals surface area contributed by atoms with E-state index in [9.17, 15) is 4.79 Å². The first-order chi connectivity index (χ1) is 10.6. The highest BCUT2D eigenvalue weighted by atomic mass is 35.5. The van der Waals surface area contributed by atoms with E-state index in [1.807, 2.05) is 12.1 Å². The van der Waals surface area contributed by atoms with Gasteiger partial charge in [0.05, 0.1) is 23.9 Å². The molecular formula is C15H14ClN3O3. The normalized spacial score (nSPS) is 21.1. The summed E-state index contributed by atoms with van der Waals surface area (Å²) in [6.45, 7) is 3.03. The van der Waals surface area contributed by atoms with Gasteiger partial charge in [-0.25, -0.2) is 9.97 Å². The number of ether oxygens (including phenoxy) is 2. The maximum absolute atomic E-state index is 12.3. The van der Waals surface area contributed by atoms with Crippen LogP contribution in [0.15, 0.2) is 12.1 Å². The average Bonchev–Trinajstić information content (AvgIpc) is 2.99. The van der Waals surface area contributed by atoms with Crippen molar-refractivity contribution in [2.75, 3.05) is 24.7 Å². The van der Waals surface area contributed by atoms with Crippen LogP contribution in [0, 0.1) is 6.92 Å². The smallest absolute Gasteiger partial charge is 0.265 e. The van der Waals surface area contributed by atoms with Gasteiger partial charge in [0, 0.05) is 18.1 Å². The van der Waals surface area contributed by atoms with E-state index in [0.717, 1.165) is 6.42 Å². The lowest BCUT2D eigenvalue weighted by Crippen LogP contribution is -2.46. The number of rotatable bonds is 1. The van der Waals surface area contributed by atoms with Crippen LogP contribution in [-0.2, 0) is 9.53 Å². The lowest BCUT2D eigenvalue weighted by atomic mass is 10.1. The second-order valence-electron chi connectivity index (χ2n) is 5.47. The van der Waals surface area contributed by atoms with Crippen LogP contribution in [0.5, 0.6) is 5.75 Å². The predicted octanol–water partition coefficient (Wildman–Crippen LogP) is 2.11. The van der Waals surface area contributed by atoms with Gasteiger partial charge in [-0.1, -0.05) is 11.6 Å². The van der Waals surface area contributed by atoms with Gasteiger partial charge in [-0.05, 0) is 19.4 Å². The van der Waals surface area contributed by atoms with Crippen LogP contribution in [0.25, 0.3) is 10.9 Å². The van der Waals surface area contributed by atoms with Crippen LogP contribution in [0.1, 0.15) is 12.2 Å². The lowest BCUT2D eigenvalue weighted by molar-refractivity contribution is -0.121. The summed E-state index contributed by atoms with van der Waals surface area (Å²) in [6.07, 6.45) is 0.821. The van der Waals surface area contributed by atoms with Gasteiger partial charge in [-0.2, -0.15) is 0 Å². The minimum atomic E-state index is -0.0634. The van der Waals surface area contributed by atoms with Crippen molar-refractivity contribution >= 4 is 34.1 Å². The molecule has 1 amide bonds. The molecule has 1 fully saturated rings. The highest BCUT2D eigenvalue weighted by molar-refractivity contribution is 6.34. The Morgan fingerprint density at radius 1 is 1.36 bits per heavy atom. The molecule has 1 saturated heterocycles. The molecular weight excluding hydrogens is 306 g/mol. The molecule has 0 bridgehead atoms. The zero-order valence-corrected chi connectivity index (χ0v) is 12.8. The monoisotopic (exact) mass is 319 g/mol. The average molecular weight is 320 g/mol. The number of halogens is 1. The first-order valence-corrected chi connectivity index (χ1v) is 7.52. The molecule has 4 rings (SSSR count). The van der Waals surface area contributed by atoms with Gasteiger partial charge >= 0.3 is 0 Å². The Morgan fingerprint density at radius 3 is 3.00 bits per heavy atom. The van der Waals surface area contributed by atoms with E-state index in [4.69, 9.17) is 21.1 Å². The maximum atomic E-state index is 12.3. The standard InChI is InChI=1S/C15H14ClN3O3/c1-8-17-11-5-13-12(4-10(11)15(16)18-8)19(14(20)7-22-13)9-2-3-21-6-9/h4-5,9H,2-3,6-7H2,1H3. The molecule has 22 heavy (non-hydrogen) atoms. The van der Waals surface area contributed by atoms with E-state index in [2.05, 4.69) is 9.97 Å². The summed E-state index contributed by atoms with van der Waals surface area (Å²) in [5.74, 6) is 1.19. The van der Waals surface area contributed by atoms with E-state index in [0.29, 0.717) is 46.5 Å². The van der Waals surface area contributed by atoms with E-state index in [-0.39, 0.29) is 18.6 Å². The molecule has 3 heterocycles. The first kappa shape index (κ1) is 13.7. The third-order valence-corrected chi connectivity index (χ3v) is 4.28. The van der Waals surface area contributed by atoms with E-state index < -0.39 is 0 Å². The molecule has 0 aliphatic carbocycles. The summed E-state index contributed by atoms with van der Waals surface area (Å²) in [4.78, 5) is 22.6. The molecule has 0 N–H and O–H groups in total. The zero-order valence-electron chi connectivity index (χ0n) is 12.0. The van der Waals surface area contributed by atoms with Gasteiger partial charge in [0.2, 0.25) is 0 Å². The number of hydrogen-bond donors (Lipinski definition) is 0. The molecule has 0 radical (unpaired) electrons. The summed E-state index contributed by atoms with van der Waals surface area (Å²) in [5.41, 5.74) is 1.43. The van der Waals surface area contributed by atoms with E-state index >= 15 is 0 Å². The summed E-state index contributed by atoms with van der Waals surface area (Å²) < 4.78 is 11.0. The van der Waals surface area contributed by atoms with Crippen molar-refractivity contribution < 1.29 is 14.3 Å². The molecule has 2 aliphatic rings. The van der Waals surface area contributed by atoms with Crippen LogP contribution in [0.2, 0.25) is 5.15 Å². The number of carbonyl (C=O) groups is 1. The Labute approximate surface area is 132 Å². The first-order valence-electron chi connectivity index (χ1n) is 7.14. The second-order valence-corrected chi connectivity index (χ2v) is 5.83. The summed E-state index contributed by atoms with van der Waals surface area (Å²) in [5, 5.41) is 1.10. The van der Waals surface area contributed by atoms with Crippen LogP contribution in [0.3, 0.4) is 0 Å². The highest BCUT2D eigenvalue weighted by Crippen LogP contribution is 2.39. The van der Waals surface area contributed by atoms with Crippen molar-refractivity contribution in [1.29, 1.82) is 0 Å². The van der Waals surface area contributed by atoms with E-state index in [1.165, 1.54) is 0 Å². The highest BCUT2D eigenvalue weighted by Gasteiger charge is 2.34. The van der Waals surface area contributed by atoms with Gasteiger partial charge in [0.15, 0.2) is 6.61 Å². The van der Waals surface area contributed by atoms with Crippen LogP contribution >= 0.6 is 11.6 Å². The van der Waals surface area contributed by atoms with Crippen molar-refractivity contribution in [3.05, 3.63) is 23.1 Å². The summed E-state index contributed by atoms with van der Waals surface area (Å²) >= 11 is 6.23. The Kier molecular flexibility index (Phi) is 3.16. The minimum absolute atomic E-state index is 0.0345. The van der Waals surface area contributed by atoms with Gasteiger partial charge in [-0.15, -0.1) is 0 Å². The predicted molar refractivity (Wildman–Crippen MR) is 81.5 cm³/mol. The fraction of sp³-hybridized carbons (Fsp3) is 0.400. The largest absolute Gasteiger partial charge is 0.481 e. The van der Waals surface area contributed by atoms with Crippen LogP contribution in [0.4, 0.5) is 5.69 Å². The number of fused-ring (bicyclic) bond motifs is 2. The number of nitrogens with zero attached hydrogens (tertiary/aromatic N) is 3. The van der Waals surface area contributed by atoms with Gasteiger partial charge in [0.25, 0.3) is 5.91 Å². The second kappa shape index (κ2) is 5.07. The molecule has 0 saturated carbocycles. The zero-order chi connectivity index (χ0) is 15.3. The number of hydrogen-bond acceptors (Lipinski definition) is 5. The molecule has 6 nitrogen and oxygen atoms in total. The van der Waals surface area contributed by atoms with Crippen molar-refractivity contribution in [1.82, 2.24) is 9.97 Å².